The van der Waals surface area contributed by atoms with Crippen molar-refractivity contribution in [3.05, 3.63) is 29.1 Å². The molecule has 1 aliphatic rings. The Morgan fingerprint density at radius 3 is 2.24 bits per heavy atom. The fraction of sp³-hybridized carbons (Fsp3) is 0.500. The third-order valence-corrected chi connectivity index (χ3v) is 2.95. The van der Waals surface area contributed by atoms with Gasteiger partial charge in [-0.05, 0) is 37.5 Å². The van der Waals surface area contributed by atoms with Crippen molar-refractivity contribution in [1.29, 1.82) is 0 Å². The van der Waals surface area contributed by atoms with E-state index in [2.05, 4.69) is 0 Å². The minimum absolute atomic E-state index is 0.0785. The molecule has 1 aromatic carbocycles. The van der Waals surface area contributed by atoms with Gasteiger partial charge in [-0.25, -0.2) is 4.39 Å². The van der Waals surface area contributed by atoms with Gasteiger partial charge in [-0.3, -0.25) is 0 Å². The maximum Gasteiger partial charge on any atom is 0.419 e. The minimum atomic E-state index is -4.63. The van der Waals surface area contributed by atoms with Crippen molar-refractivity contribution in [3.8, 4) is 0 Å². The molecule has 0 radical (unpaired) electrons. The summed E-state index contributed by atoms with van der Waals surface area (Å²) >= 11 is 0. The van der Waals surface area contributed by atoms with Crippen molar-refractivity contribution in [2.24, 2.45) is 0 Å². The second-order valence-electron chi connectivity index (χ2n) is 4.34. The molecule has 0 saturated carbocycles. The molecule has 5 heteroatoms. The molecule has 1 saturated heterocycles. The zero-order valence-electron chi connectivity index (χ0n) is 9.44. The van der Waals surface area contributed by atoms with E-state index in [1.807, 2.05) is 0 Å². The monoisotopic (exact) mass is 247 g/mol. The van der Waals surface area contributed by atoms with Crippen LogP contribution in [0.1, 0.15) is 24.0 Å². The molecule has 0 unspecified atom stereocenters. The van der Waals surface area contributed by atoms with E-state index in [9.17, 15) is 17.6 Å². The van der Waals surface area contributed by atoms with Crippen LogP contribution < -0.4 is 4.90 Å². The van der Waals surface area contributed by atoms with Gasteiger partial charge in [-0.1, -0.05) is 0 Å². The fourth-order valence-corrected chi connectivity index (χ4v) is 2.14. The summed E-state index contributed by atoms with van der Waals surface area (Å²) in [5.41, 5.74) is -0.658. The maximum absolute atomic E-state index is 13.8. The summed E-state index contributed by atoms with van der Waals surface area (Å²) in [5.74, 6) is -1.15. The molecule has 2 rings (SSSR count). The quantitative estimate of drug-likeness (QED) is 0.683. The lowest BCUT2D eigenvalue weighted by molar-refractivity contribution is -0.139. The first-order chi connectivity index (χ1) is 7.89. The lowest BCUT2D eigenvalue weighted by atomic mass is 10.1. The number of nitrogens with zero attached hydrogens (tertiary/aromatic N) is 1. The van der Waals surface area contributed by atoms with Crippen molar-refractivity contribution < 1.29 is 17.6 Å². The van der Waals surface area contributed by atoms with Crippen molar-refractivity contribution >= 4 is 5.69 Å². The molecule has 0 N–H and O–H groups in total. The molecule has 1 heterocycles. The number of aryl methyl sites for hydroxylation is 1. The van der Waals surface area contributed by atoms with Crippen LogP contribution >= 0.6 is 0 Å². The molecule has 17 heavy (non-hydrogen) atoms. The highest BCUT2D eigenvalue weighted by atomic mass is 19.4. The Bertz CT molecular complexity index is 419. The van der Waals surface area contributed by atoms with E-state index in [4.69, 9.17) is 0 Å². The van der Waals surface area contributed by atoms with Gasteiger partial charge >= 0.3 is 6.18 Å². The van der Waals surface area contributed by atoms with E-state index in [1.165, 1.54) is 6.07 Å². The Hall–Kier alpha value is -1.26. The Balaban J connectivity index is 2.49. The van der Waals surface area contributed by atoms with Crippen molar-refractivity contribution in [2.75, 3.05) is 18.0 Å². The Labute approximate surface area is 97.0 Å². The molecule has 1 aromatic rings. The van der Waals surface area contributed by atoms with Gasteiger partial charge in [0.2, 0.25) is 0 Å². The Morgan fingerprint density at radius 1 is 1.12 bits per heavy atom. The van der Waals surface area contributed by atoms with Gasteiger partial charge in [0.05, 0.1) is 11.3 Å². The van der Waals surface area contributed by atoms with Gasteiger partial charge in [-0.15, -0.1) is 0 Å². The van der Waals surface area contributed by atoms with Gasteiger partial charge in [-0.2, -0.15) is 13.2 Å². The summed E-state index contributed by atoms with van der Waals surface area (Å²) in [5, 5.41) is 0. The number of anilines is 1. The average molecular weight is 247 g/mol. The van der Waals surface area contributed by atoms with Crippen molar-refractivity contribution in [2.45, 2.75) is 25.9 Å². The van der Waals surface area contributed by atoms with E-state index in [0.717, 1.165) is 18.9 Å². The summed E-state index contributed by atoms with van der Waals surface area (Å²) in [6.45, 7) is 2.80. The smallest absolute Gasteiger partial charge is 0.369 e. The minimum Gasteiger partial charge on any atom is -0.369 e. The van der Waals surface area contributed by atoms with Gasteiger partial charge in [0.25, 0.3) is 0 Å². The van der Waals surface area contributed by atoms with Crippen LogP contribution in [0.5, 0.6) is 0 Å². The Morgan fingerprint density at radius 2 is 1.71 bits per heavy atom. The highest BCUT2D eigenvalue weighted by molar-refractivity contribution is 5.54. The second-order valence-corrected chi connectivity index (χ2v) is 4.34. The molecule has 1 aliphatic heterocycles. The first kappa shape index (κ1) is 12.2. The van der Waals surface area contributed by atoms with Crippen LogP contribution in [-0.2, 0) is 6.18 Å². The lowest BCUT2D eigenvalue weighted by Crippen LogP contribution is -2.21. The van der Waals surface area contributed by atoms with Gasteiger partial charge in [0, 0.05) is 13.1 Å². The average Bonchev–Trinajstić information content (AvgIpc) is 2.72. The van der Waals surface area contributed by atoms with E-state index in [1.54, 1.807) is 11.8 Å². The third-order valence-electron chi connectivity index (χ3n) is 2.95. The summed E-state index contributed by atoms with van der Waals surface area (Å²) < 4.78 is 51.8. The zero-order chi connectivity index (χ0) is 12.6. The molecule has 0 bridgehead atoms. The predicted molar refractivity (Wildman–Crippen MR) is 57.6 cm³/mol. The standard InChI is InChI=1S/C12H13F4N/c1-8-6-9(12(14,15)16)11(13)10(7-8)17-4-2-3-5-17/h6-7H,2-5H2,1H3. The molecular formula is C12H13F4N. The number of benzene rings is 1. The molecular weight excluding hydrogens is 234 g/mol. The van der Waals surface area contributed by atoms with Crippen LogP contribution in [0.15, 0.2) is 12.1 Å². The molecule has 0 aromatic heterocycles. The highest BCUT2D eigenvalue weighted by Crippen LogP contribution is 2.36. The lowest BCUT2D eigenvalue weighted by Gasteiger charge is -2.21. The van der Waals surface area contributed by atoms with Crippen LogP contribution in [0.25, 0.3) is 0 Å². The molecule has 0 spiro atoms. The van der Waals surface area contributed by atoms with Gasteiger partial charge in [0.1, 0.15) is 0 Å². The van der Waals surface area contributed by atoms with Crippen LogP contribution in [0.4, 0.5) is 23.2 Å². The largest absolute Gasteiger partial charge is 0.419 e. The van der Waals surface area contributed by atoms with Crippen LogP contribution in [-0.4, -0.2) is 13.1 Å². The van der Waals surface area contributed by atoms with Crippen molar-refractivity contribution in [3.63, 3.8) is 0 Å². The van der Waals surface area contributed by atoms with E-state index in [-0.39, 0.29) is 5.69 Å². The highest BCUT2D eigenvalue weighted by Gasteiger charge is 2.36. The van der Waals surface area contributed by atoms with Gasteiger partial charge < -0.3 is 4.90 Å². The van der Waals surface area contributed by atoms with E-state index in [0.29, 0.717) is 18.7 Å². The molecule has 1 fully saturated rings. The number of hydrogen-bond acceptors (Lipinski definition) is 1. The van der Waals surface area contributed by atoms with Crippen LogP contribution in [0.3, 0.4) is 0 Å². The molecule has 0 amide bonds. The molecule has 1 nitrogen and oxygen atoms in total. The van der Waals surface area contributed by atoms with Gasteiger partial charge in [0.15, 0.2) is 5.82 Å². The number of hydrogen-bond donors (Lipinski definition) is 0. The van der Waals surface area contributed by atoms with E-state index < -0.39 is 17.6 Å². The summed E-state index contributed by atoms with van der Waals surface area (Å²) in [6, 6.07) is 2.34. The SMILES string of the molecule is Cc1cc(N2CCCC2)c(F)c(C(F)(F)F)c1. The first-order valence-corrected chi connectivity index (χ1v) is 5.52. The summed E-state index contributed by atoms with van der Waals surface area (Å²) in [4.78, 5) is 1.68. The number of alkyl halides is 3. The number of halogens is 4. The molecule has 94 valence electrons. The summed E-state index contributed by atoms with van der Waals surface area (Å²) in [7, 11) is 0. The van der Waals surface area contributed by atoms with Crippen LogP contribution in [0.2, 0.25) is 0 Å². The Kier molecular flexibility index (Phi) is 3.02. The predicted octanol–water partition coefficient (Wildman–Crippen LogP) is 3.75. The normalized spacial score (nSPS) is 16.6. The topological polar surface area (TPSA) is 3.24 Å². The fourth-order valence-electron chi connectivity index (χ4n) is 2.14. The zero-order valence-corrected chi connectivity index (χ0v) is 9.44. The third kappa shape index (κ3) is 2.37. The number of rotatable bonds is 1. The molecule has 0 atom stereocenters. The van der Waals surface area contributed by atoms with E-state index >= 15 is 0 Å². The first-order valence-electron chi connectivity index (χ1n) is 5.52. The van der Waals surface area contributed by atoms with Crippen molar-refractivity contribution in [1.82, 2.24) is 0 Å². The molecule has 0 aliphatic carbocycles. The van der Waals surface area contributed by atoms with Crippen LogP contribution in [0, 0.1) is 12.7 Å². The maximum atomic E-state index is 13.8. The summed E-state index contributed by atoms with van der Waals surface area (Å²) in [6.07, 6.45) is -2.84. The second kappa shape index (κ2) is 4.20.